The molecule has 0 aliphatic heterocycles. The van der Waals surface area contributed by atoms with Crippen LogP contribution in [0.15, 0.2) is 24.3 Å². The Morgan fingerprint density at radius 2 is 1.78 bits per heavy atom. The van der Waals surface area contributed by atoms with E-state index in [1.54, 1.807) is 6.07 Å². The first-order valence-corrected chi connectivity index (χ1v) is 5.59. The van der Waals surface area contributed by atoms with E-state index in [0.29, 0.717) is 12.6 Å². The molecule has 0 unspecified atom stereocenters. The van der Waals surface area contributed by atoms with E-state index in [4.69, 9.17) is 4.74 Å². The lowest BCUT2D eigenvalue weighted by Crippen LogP contribution is -2.27. The average molecular weight is 263 g/mol. The highest BCUT2D eigenvalue weighted by Gasteiger charge is 2.32. The molecule has 1 aromatic carbocycles. The lowest BCUT2D eigenvalue weighted by Gasteiger charge is -2.14. The molecule has 0 saturated heterocycles. The number of nitrogens with one attached hydrogen (secondary N) is 1. The molecule has 0 aliphatic rings. The van der Waals surface area contributed by atoms with E-state index < -0.39 is 6.36 Å². The van der Waals surface area contributed by atoms with Crippen molar-refractivity contribution in [2.24, 2.45) is 0 Å². The Hall–Kier alpha value is -1.43. The molecule has 18 heavy (non-hydrogen) atoms. The Morgan fingerprint density at radius 1 is 1.17 bits per heavy atom. The van der Waals surface area contributed by atoms with Crippen molar-refractivity contribution in [2.45, 2.75) is 26.3 Å². The molecule has 3 nitrogen and oxygen atoms in total. The van der Waals surface area contributed by atoms with Crippen molar-refractivity contribution in [2.75, 3.05) is 13.2 Å². The number of benzene rings is 1. The Labute approximate surface area is 104 Å². The first-order valence-electron chi connectivity index (χ1n) is 5.59. The molecule has 1 N–H and O–H groups in total. The van der Waals surface area contributed by atoms with Gasteiger partial charge in [-0.15, -0.1) is 13.2 Å². The van der Waals surface area contributed by atoms with Crippen LogP contribution in [0.5, 0.6) is 11.5 Å². The molecule has 0 amide bonds. The summed E-state index contributed by atoms with van der Waals surface area (Å²) >= 11 is 0. The predicted molar refractivity (Wildman–Crippen MR) is 61.8 cm³/mol. The molecule has 0 fully saturated rings. The normalized spacial score (nSPS) is 11.7. The summed E-state index contributed by atoms with van der Waals surface area (Å²) in [6, 6.07) is 6.01. The molecular weight excluding hydrogens is 247 g/mol. The van der Waals surface area contributed by atoms with Gasteiger partial charge in [-0.25, -0.2) is 0 Å². The van der Waals surface area contributed by atoms with Crippen molar-refractivity contribution in [1.82, 2.24) is 5.32 Å². The molecule has 0 aromatic heterocycles. The van der Waals surface area contributed by atoms with Crippen molar-refractivity contribution in [3.8, 4) is 11.5 Å². The molecule has 6 heteroatoms. The maximum atomic E-state index is 12.1. The minimum atomic E-state index is -4.71. The van der Waals surface area contributed by atoms with Crippen LogP contribution in [0, 0.1) is 0 Å². The summed E-state index contributed by atoms with van der Waals surface area (Å²) in [5.74, 6) is -0.241. The number of hydrogen-bond acceptors (Lipinski definition) is 3. The monoisotopic (exact) mass is 263 g/mol. The van der Waals surface area contributed by atoms with Crippen molar-refractivity contribution in [3.05, 3.63) is 24.3 Å². The molecule has 0 aliphatic carbocycles. The molecule has 1 rings (SSSR count). The zero-order valence-electron chi connectivity index (χ0n) is 10.3. The summed E-state index contributed by atoms with van der Waals surface area (Å²) in [5, 5.41) is 3.10. The molecular formula is C12H16F3NO2. The molecule has 102 valence electrons. The van der Waals surface area contributed by atoms with Gasteiger partial charge in [0.15, 0.2) is 11.5 Å². The van der Waals surface area contributed by atoms with Gasteiger partial charge in [-0.05, 0) is 12.1 Å². The van der Waals surface area contributed by atoms with E-state index in [2.05, 4.69) is 10.1 Å². The van der Waals surface area contributed by atoms with Gasteiger partial charge in [0, 0.05) is 12.6 Å². The molecule has 0 saturated carbocycles. The Bertz CT molecular complexity index is 367. The third-order valence-corrected chi connectivity index (χ3v) is 1.99. The van der Waals surface area contributed by atoms with Gasteiger partial charge < -0.3 is 14.8 Å². The minimum absolute atomic E-state index is 0.0837. The summed E-state index contributed by atoms with van der Waals surface area (Å²) in [7, 11) is 0. The van der Waals surface area contributed by atoms with Crippen LogP contribution in [0.4, 0.5) is 13.2 Å². The summed E-state index contributed by atoms with van der Waals surface area (Å²) in [6.07, 6.45) is -4.71. The van der Waals surface area contributed by atoms with Gasteiger partial charge in [0.25, 0.3) is 0 Å². The van der Waals surface area contributed by atoms with E-state index in [9.17, 15) is 13.2 Å². The van der Waals surface area contributed by atoms with Crippen LogP contribution in [0.2, 0.25) is 0 Å². The lowest BCUT2D eigenvalue weighted by molar-refractivity contribution is -0.275. The molecule has 0 radical (unpaired) electrons. The van der Waals surface area contributed by atoms with Crippen LogP contribution in [-0.4, -0.2) is 25.6 Å². The van der Waals surface area contributed by atoms with Crippen LogP contribution in [0.25, 0.3) is 0 Å². The molecule has 0 atom stereocenters. The number of rotatable bonds is 6. The van der Waals surface area contributed by atoms with Crippen LogP contribution < -0.4 is 14.8 Å². The molecule has 0 heterocycles. The minimum Gasteiger partial charge on any atom is -0.488 e. The number of ether oxygens (including phenoxy) is 2. The van der Waals surface area contributed by atoms with E-state index in [1.807, 2.05) is 13.8 Å². The fraction of sp³-hybridized carbons (Fsp3) is 0.500. The Balaban J connectivity index is 2.54. The van der Waals surface area contributed by atoms with Crippen molar-refractivity contribution < 1.29 is 22.6 Å². The largest absolute Gasteiger partial charge is 0.573 e. The quantitative estimate of drug-likeness (QED) is 0.800. The first-order chi connectivity index (χ1) is 8.38. The fourth-order valence-electron chi connectivity index (χ4n) is 1.29. The van der Waals surface area contributed by atoms with Gasteiger partial charge in [-0.1, -0.05) is 26.0 Å². The van der Waals surface area contributed by atoms with E-state index >= 15 is 0 Å². The standard InChI is InChI=1S/C12H16F3NO2/c1-9(2)16-7-8-17-10-5-3-4-6-11(10)18-12(13,14)15/h3-6,9,16H,7-8H2,1-2H3. The zero-order chi connectivity index (χ0) is 13.6. The van der Waals surface area contributed by atoms with Crippen molar-refractivity contribution in [1.29, 1.82) is 0 Å². The van der Waals surface area contributed by atoms with E-state index in [0.717, 1.165) is 0 Å². The zero-order valence-corrected chi connectivity index (χ0v) is 10.3. The van der Waals surface area contributed by atoms with E-state index in [-0.39, 0.29) is 18.1 Å². The van der Waals surface area contributed by atoms with Gasteiger partial charge in [0.1, 0.15) is 6.61 Å². The van der Waals surface area contributed by atoms with Gasteiger partial charge in [0.05, 0.1) is 0 Å². The SMILES string of the molecule is CC(C)NCCOc1ccccc1OC(F)(F)F. The Kier molecular flexibility index (Phi) is 5.27. The summed E-state index contributed by atoms with van der Waals surface area (Å²) in [4.78, 5) is 0. The number of para-hydroxylation sites is 2. The van der Waals surface area contributed by atoms with Gasteiger partial charge in [-0.2, -0.15) is 0 Å². The summed E-state index contributed by atoms with van der Waals surface area (Å²) in [6.45, 7) is 4.77. The van der Waals surface area contributed by atoms with Crippen LogP contribution in [0.3, 0.4) is 0 Å². The van der Waals surface area contributed by atoms with Gasteiger partial charge in [-0.3, -0.25) is 0 Å². The molecule has 1 aromatic rings. The van der Waals surface area contributed by atoms with Crippen LogP contribution in [0.1, 0.15) is 13.8 Å². The second kappa shape index (κ2) is 6.49. The highest BCUT2D eigenvalue weighted by atomic mass is 19.4. The van der Waals surface area contributed by atoms with Gasteiger partial charge in [0.2, 0.25) is 0 Å². The number of hydrogen-bond donors (Lipinski definition) is 1. The third kappa shape index (κ3) is 5.77. The van der Waals surface area contributed by atoms with Gasteiger partial charge >= 0.3 is 6.36 Å². The van der Waals surface area contributed by atoms with E-state index in [1.165, 1.54) is 18.2 Å². The molecule has 0 bridgehead atoms. The highest BCUT2D eigenvalue weighted by molar-refractivity contribution is 5.39. The third-order valence-electron chi connectivity index (χ3n) is 1.99. The fourth-order valence-corrected chi connectivity index (χ4v) is 1.29. The van der Waals surface area contributed by atoms with Crippen molar-refractivity contribution in [3.63, 3.8) is 0 Å². The molecule has 0 spiro atoms. The maximum absolute atomic E-state index is 12.1. The smallest absolute Gasteiger partial charge is 0.488 e. The Morgan fingerprint density at radius 3 is 2.33 bits per heavy atom. The topological polar surface area (TPSA) is 30.5 Å². The maximum Gasteiger partial charge on any atom is 0.573 e. The number of alkyl halides is 3. The lowest BCUT2D eigenvalue weighted by atomic mass is 10.3. The van der Waals surface area contributed by atoms with Crippen molar-refractivity contribution >= 4 is 0 Å². The average Bonchev–Trinajstić information content (AvgIpc) is 2.24. The first kappa shape index (κ1) is 14.6. The number of halogens is 3. The van der Waals surface area contributed by atoms with Crippen LogP contribution in [-0.2, 0) is 0 Å². The second-order valence-corrected chi connectivity index (χ2v) is 3.95. The summed E-state index contributed by atoms with van der Waals surface area (Å²) < 4.78 is 45.5. The predicted octanol–water partition coefficient (Wildman–Crippen LogP) is 2.96. The highest BCUT2D eigenvalue weighted by Crippen LogP contribution is 2.31. The summed E-state index contributed by atoms with van der Waals surface area (Å²) in [5.41, 5.74) is 0. The second-order valence-electron chi connectivity index (χ2n) is 3.95. The van der Waals surface area contributed by atoms with Crippen LogP contribution >= 0.6 is 0 Å².